The molecule has 0 bridgehead atoms. The van der Waals surface area contributed by atoms with Gasteiger partial charge in [-0.1, -0.05) is 76.6 Å². The van der Waals surface area contributed by atoms with E-state index in [9.17, 15) is 5.11 Å². The van der Waals surface area contributed by atoms with Gasteiger partial charge < -0.3 is 5.11 Å². The summed E-state index contributed by atoms with van der Waals surface area (Å²) in [6.07, 6.45) is 1.59. The average molecular weight is 469 g/mol. The number of anilines is 1. The second-order valence-electron chi connectivity index (χ2n) is 7.01. The second kappa shape index (κ2) is 8.16. The number of phenolic OH excluding ortho intramolecular Hbond substituents is 1. The Morgan fingerprint density at radius 3 is 2.52 bits per heavy atom. The van der Waals surface area contributed by atoms with Crippen LogP contribution in [0.3, 0.4) is 0 Å². The smallest absolute Gasteiger partial charge is 0.244 e. The van der Waals surface area contributed by atoms with Gasteiger partial charge in [-0.2, -0.15) is 5.10 Å². The van der Waals surface area contributed by atoms with Crippen LogP contribution < -0.4 is 5.43 Å². The first-order valence-corrected chi connectivity index (χ1v) is 10.5. The summed E-state index contributed by atoms with van der Waals surface area (Å²) in [5.74, 6) is 0.545. The molecule has 5 nitrogen and oxygen atoms in total. The van der Waals surface area contributed by atoms with Crippen molar-refractivity contribution in [2.24, 2.45) is 5.10 Å². The zero-order valence-electron chi connectivity index (χ0n) is 16.3. The van der Waals surface area contributed by atoms with Gasteiger partial charge in [0.2, 0.25) is 5.95 Å². The van der Waals surface area contributed by atoms with Crippen LogP contribution in [-0.4, -0.2) is 21.3 Å². The summed E-state index contributed by atoms with van der Waals surface area (Å²) in [7, 11) is 0. The molecule has 150 valence electrons. The van der Waals surface area contributed by atoms with Crippen LogP contribution in [0.4, 0.5) is 5.95 Å². The maximum absolute atomic E-state index is 10.3. The molecule has 0 aliphatic rings. The summed E-state index contributed by atoms with van der Waals surface area (Å²) in [5.41, 5.74) is 6.18. The Balaban J connectivity index is 1.55. The van der Waals surface area contributed by atoms with Crippen molar-refractivity contribution in [3.8, 4) is 17.0 Å². The normalized spacial score (nSPS) is 11.4. The van der Waals surface area contributed by atoms with Crippen molar-refractivity contribution in [3.05, 3.63) is 95.0 Å². The Bertz CT molecular complexity index is 1430. The van der Waals surface area contributed by atoms with E-state index >= 15 is 0 Å². The van der Waals surface area contributed by atoms with E-state index in [1.165, 1.54) is 0 Å². The monoisotopic (exact) mass is 468 g/mol. The lowest BCUT2D eigenvalue weighted by molar-refractivity contribution is 0.475. The minimum atomic E-state index is 0.165. The van der Waals surface area contributed by atoms with Crippen LogP contribution in [0.2, 0.25) is 0 Å². The Morgan fingerprint density at radius 1 is 0.839 bits per heavy atom. The molecule has 0 spiro atoms. The first kappa shape index (κ1) is 19.2. The van der Waals surface area contributed by atoms with Gasteiger partial charge >= 0.3 is 0 Å². The minimum absolute atomic E-state index is 0.165. The molecule has 4 aromatic carbocycles. The van der Waals surface area contributed by atoms with Crippen molar-refractivity contribution in [2.75, 3.05) is 5.43 Å². The first-order valence-electron chi connectivity index (χ1n) is 9.71. The van der Waals surface area contributed by atoms with Crippen molar-refractivity contribution in [2.45, 2.75) is 0 Å². The molecular formula is C25H17BrN4O. The van der Waals surface area contributed by atoms with Crippen LogP contribution in [0.1, 0.15) is 5.56 Å². The lowest BCUT2D eigenvalue weighted by Gasteiger charge is -2.09. The predicted molar refractivity (Wildman–Crippen MR) is 130 cm³/mol. The van der Waals surface area contributed by atoms with Gasteiger partial charge in [0.05, 0.1) is 17.4 Å². The van der Waals surface area contributed by atoms with Crippen molar-refractivity contribution < 1.29 is 5.11 Å². The molecule has 1 heterocycles. The quantitative estimate of drug-likeness (QED) is 0.237. The molecule has 0 atom stereocenters. The van der Waals surface area contributed by atoms with Gasteiger partial charge in [0.15, 0.2) is 0 Å². The molecule has 0 radical (unpaired) electrons. The van der Waals surface area contributed by atoms with Crippen LogP contribution >= 0.6 is 15.9 Å². The van der Waals surface area contributed by atoms with E-state index in [1.807, 2.05) is 78.9 Å². The standard InChI is InChI=1S/C25H17BrN4O/c26-18-11-12-22-20(14-18)24(17-7-2-1-3-8-17)29-25(28-22)30-27-15-21-19-9-5-4-6-16(19)10-13-23(21)31/h1-15,31H,(H,28,29,30). The molecule has 6 heteroatoms. The summed E-state index contributed by atoms with van der Waals surface area (Å²) in [5, 5.41) is 17.5. The third-order valence-electron chi connectivity index (χ3n) is 5.01. The zero-order valence-corrected chi connectivity index (χ0v) is 17.9. The van der Waals surface area contributed by atoms with E-state index < -0.39 is 0 Å². The largest absolute Gasteiger partial charge is 0.507 e. The first-order chi connectivity index (χ1) is 15.2. The van der Waals surface area contributed by atoms with Gasteiger partial charge in [0, 0.05) is 21.0 Å². The highest BCUT2D eigenvalue weighted by Gasteiger charge is 2.10. The van der Waals surface area contributed by atoms with Crippen molar-refractivity contribution in [1.82, 2.24) is 9.97 Å². The molecule has 5 aromatic rings. The topological polar surface area (TPSA) is 70.4 Å². The number of aromatic nitrogens is 2. The van der Waals surface area contributed by atoms with E-state index in [-0.39, 0.29) is 5.75 Å². The third-order valence-corrected chi connectivity index (χ3v) is 5.50. The number of rotatable bonds is 4. The Kier molecular flexibility index (Phi) is 5.06. The number of nitrogens with one attached hydrogen (secondary N) is 1. The molecule has 0 aliphatic heterocycles. The zero-order chi connectivity index (χ0) is 21.2. The summed E-state index contributed by atoms with van der Waals surface area (Å²) >= 11 is 3.53. The molecule has 0 saturated heterocycles. The molecule has 0 amide bonds. The fraction of sp³-hybridized carbons (Fsp3) is 0. The molecule has 0 saturated carbocycles. The number of hydrogen-bond donors (Lipinski definition) is 2. The predicted octanol–water partition coefficient (Wildman–Crippen LogP) is 6.36. The van der Waals surface area contributed by atoms with E-state index in [4.69, 9.17) is 4.98 Å². The summed E-state index contributed by atoms with van der Waals surface area (Å²) in [6, 6.07) is 27.3. The van der Waals surface area contributed by atoms with Crippen LogP contribution in [0.15, 0.2) is 94.5 Å². The van der Waals surface area contributed by atoms with Crippen molar-refractivity contribution >= 4 is 49.8 Å². The van der Waals surface area contributed by atoms with Gasteiger partial charge in [0.25, 0.3) is 0 Å². The van der Waals surface area contributed by atoms with Crippen LogP contribution in [0, 0.1) is 0 Å². The molecule has 0 fully saturated rings. The number of hydrazone groups is 1. The summed E-state index contributed by atoms with van der Waals surface area (Å²) < 4.78 is 0.964. The van der Waals surface area contributed by atoms with Gasteiger partial charge in [0.1, 0.15) is 5.75 Å². The Morgan fingerprint density at radius 2 is 1.65 bits per heavy atom. The fourth-order valence-electron chi connectivity index (χ4n) is 3.54. The number of benzene rings is 4. The highest BCUT2D eigenvalue weighted by atomic mass is 79.9. The molecule has 1 aromatic heterocycles. The van der Waals surface area contributed by atoms with E-state index in [1.54, 1.807) is 12.3 Å². The van der Waals surface area contributed by atoms with Crippen LogP contribution in [-0.2, 0) is 0 Å². The maximum Gasteiger partial charge on any atom is 0.244 e. The van der Waals surface area contributed by atoms with E-state index in [0.29, 0.717) is 11.5 Å². The van der Waals surface area contributed by atoms with Crippen molar-refractivity contribution in [3.63, 3.8) is 0 Å². The number of hydrogen-bond acceptors (Lipinski definition) is 5. The number of fused-ring (bicyclic) bond motifs is 2. The molecular weight excluding hydrogens is 452 g/mol. The van der Waals surface area contributed by atoms with E-state index in [2.05, 4.69) is 31.4 Å². The van der Waals surface area contributed by atoms with Gasteiger partial charge in [-0.3, -0.25) is 0 Å². The number of aromatic hydroxyl groups is 1. The minimum Gasteiger partial charge on any atom is -0.507 e. The molecule has 2 N–H and O–H groups in total. The van der Waals surface area contributed by atoms with Gasteiger partial charge in [-0.05, 0) is 35.0 Å². The van der Waals surface area contributed by atoms with Gasteiger partial charge in [-0.15, -0.1) is 0 Å². The van der Waals surface area contributed by atoms with Crippen LogP contribution in [0.25, 0.3) is 32.9 Å². The average Bonchev–Trinajstić information content (AvgIpc) is 2.81. The summed E-state index contributed by atoms with van der Waals surface area (Å²) in [6.45, 7) is 0. The van der Waals surface area contributed by atoms with E-state index in [0.717, 1.165) is 37.4 Å². The van der Waals surface area contributed by atoms with Crippen molar-refractivity contribution in [1.29, 1.82) is 0 Å². The summed E-state index contributed by atoms with van der Waals surface area (Å²) in [4.78, 5) is 9.31. The third kappa shape index (κ3) is 3.85. The second-order valence-corrected chi connectivity index (χ2v) is 7.93. The number of phenols is 1. The lowest BCUT2D eigenvalue weighted by atomic mass is 10.0. The molecule has 31 heavy (non-hydrogen) atoms. The fourth-order valence-corrected chi connectivity index (χ4v) is 3.90. The molecule has 5 rings (SSSR count). The molecule has 0 aliphatic carbocycles. The highest BCUT2D eigenvalue weighted by molar-refractivity contribution is 9.10. The number of nitrogens with zero attached hydrogens (tertiary/aromatic N) is 3. The Labute approximate surface area is 187 Å². The highest BCUT2D eigenvalue weighted by Crippen LogP contribution is 2.30. The van der Waals surface area contributed by atoms with Crippen LogP contribution in [0.5, 0.6) is 5.75 Å². The lowest BCUT2D eigenvalue weighted by Crippen LogP contribution is -2.00. The Hall–Kier alpha value is -3.77. The number of halogens is 1. The van der Waals surface area contributed by atoms with Gasteiger partial charge in [-0.25, -0.2) is 15.4 Å². The SMILES string of the molecule is Oc1ccc2ccccc2c1C=NNc1nc(-c2ccccc2)c2cc(Br)ccc2n1. The maximum atomic E-state index is 10.3. The molecule has 0 unspecified atom stereocenters.